The van der Waals surface area contributed by atoms with Crippen LogP contribution in [0.25, 0.3) is 0 Å². The van der Waals surface area contributed by atoms with Crippen LogP contribution in [0.2, 0.25) is 0 Å². The van der Waals surface area contributed by atoms with Gasteiger partial charge in [0.1, 0.15) is 5.78 Å². The lowest BCUT2D eigenvalue weighted by atomic mass is 9.78. The maximum Gasteiger partial charge on any atom is 0.229 e. The second kappa shape index (κ2) is 20.4. The van der Waals surface area contributed by atoms with Gasteiger partial charge in [-0.15, -0.1) is 0 Å². The van der Waals surface area contributed by atoms with Gasteiger partial charge in [-0.05, 0) is 24.2 Å². The maximum atomic E-state index is 13.2. The van der Waals surface area contributed by atoms with Crippen LogP contribution >= 0.6 is 0 Å². The number of carbonyl (C=O) groups is 6. The molecule has 0 radical (unpaired) electrons. The van der Waals surface area contributed by atoms with Crippen LogP contribution in [-0.4, -0.2) is 85.7 Å². The Labute approximate surface area is 264 Å². The number of nitrogens with zero attached hydrogens (tertiary/aromatic N) is 1. The van der Waals surface area contributed by atoms with E-state index < -0.39 is 17.4 Å². The van der Waals surface area contributed by atoms with Crippen molar-refractivity contribution in [1.29, 1.82) is 0 Å². The Bertz CT molecular complexity index is 928. The molecule has 0 unspecified atom stereocenters. The first-order valence-electron chi connectivity index (χ1n) is 15.8. The van der Waals surface area contributed by atoms with Gasteiger partial charge in [0.25, 0.3) is 0 Å². The van der Waals surface area contributed by atoms with Gasteiger partial charge >= 0.3 is 0 Å². The highest BCUT2D eigenvalue weighted by atomic mass is 16.5. The van der Waals surface area contributed by atoms with Crippen LogP contribution in [0.1, 0.15) is 108 Å². The molecule has 1 saturated heterocycles. The SMILES string of the molecule is CC(=O)NCCC[C@H](CC(=O)[C@@H](NC(=O)CCOCCOCCN1C(=O)CCC1=O)C(C)C)C(=O)C(C)(C)C.CC(C)(C)C. The maximum absolute atomic E-state index is 13.2. The molecule has 0 spiro atoms. The van der Waals surface area contributed by atoms with E-state index in [4.69, 9.17) is 9.47 Å². The van der Waals surface area contributed by atoms with E-state index >= 15 is 0 Å². The topological polar surface area (TPSA) is 148 Å². The number of ketones is 2. The van der Waals surface area contributed by atoms with E-state index in [0.29, 0.717) is 24.8 Å². The molecule has 254 valence electrons. The Hall–Kier alpha value is -2.66. The smallest absolute Gasteiger partial charge is 0.229 e. The first kappa shape index (κ1) is 41.3. The standard InChI is InChI=1S/C28H47N3O8.C5H12/c1-19(2)26(22(33)18-21(27(37)28(4,5)6)8-7-12-29-20(3)32)30-23(34)11-14-38-16-17-39-15-13-31-24(35)9-10-25(31)36;1-5(2,3)4/h19,21,26H,7-18H2,1-6H3,(H,29,32)(H,30,34);1-4H3/t21-,26+;/m1./s1. The largest absolute Gasteiger partial charge is 0.379 e. The summed E-state index contributed by atoms with van der Waals surface area (Å²) >= 11 is 0. The molecule has 2 N–H and O–H groups in total. The number of hydrogen-bond donors (Lipinski definition) is 2. The van der Waals surface area contributed by atoms with E-state index in [1.54, 1.807) is 0 Å². The summed E-state index contributed by atoms with van der Waals surface area (Å²) in [5.41, 5.74) is -0.111. The summed E-state index contributed by atoms with van der Waals surface area (Å²) in [6.45, 7) is 20.9. The van der Waals surface area contributed by atoms with Crippen molar-refractivity contribution in [3.05, 3.63) is 0 Å². The predicted octanol–water partition coefficient (Wildman–Crippen LogP) is 3.86. The Balaban J connectivity index is 0.00000340. The molecular formula is C33H59N3O8. The zero-order valence-electron chi connectivity index (χ0n) is 28.9. The fourth-order valence-electron chi connectivity index (χ4n) is 4.30. The zero-order chi connectivity index (χ0) is 34.1. The second-order valence-electron chi connectivity index (χ2n) is 14.3. The van der Waals surface area contributed by atoms with E-state index in [0.717, 1.165) is 0 Å². The van der Waals surface area contributed by atoms with Gasteiger partial charge in [0.05, 0.1) is 39.0 Å². The molecule has 2 atom stereocenters. The number of amides is 4. The normalized spacial score (nSPS) is 15.0. The lowest BCUT2D eigenvalue weighted by Gasteiger charge is -2.27. The van der Waals surface area contributed by atoms with Crippen molar-refractivity contribution in [3.8, 4) is 0 Å². The molecule has 0 saturated carbocycles. The molecule has 1 fully saturated rings. The molecule has 1 aliphatic rings. The highest BCUT2D eigenvalue weighted by Gasteiger charge is 2.34. The number of Topliss-reactive ketones (excluding diaryl/α,β-unsaturated/α-hetero) is 2. The average molecular weight is 626 g/mol. The van der Waals surface area contributed by atoms with Gasteiger partial charge in [-0.25, -0.2) is 0 Å². The van der Waals surface area contributed by atoms with E-state index in [1.165, 1.54) is 11.8 Å². The molecule has 0 bridgehead atoms. The van der Waals surface area contributed by atoms with Crippen LogP contribution < -0.4 is 10.6 Å². The van der Waals surface area contributed by atoms with Crippen LogP contribution in [0.15, 0.2) is 0 Å². The molecule has 1 heterocycles. The molecule has 0 aromatic rings. The number of nitrogens with one attached hydrogen (secondary N) is 2. The van der Waals surface area contributed by atoms with E-state index in [9.17, 15) is 28.8 Å². The van der Waals surface area contributed by atoms with Crippen molar-refractivity contribution in [2.75, 3.05) is 39.5 Å². The molecule has 0 aliphatic carbocycles. The van der Waals surface area contributed by atoms with E-state index in [-0.39, 0.29) is 99.8 Å². The van der Waals surface area contributed by atoms with Gasteiger partial charge < -0.3 is 20.1 Å². The molecule has 11 nitrogen and oxygen atoms in total. The Morgan fingerprint density at radius 2 is 1.39 bits per heavy atom. The third-order valence-electron chi connectivity index (χ3n) is 6.45. The minimum Gasteiger partial charge on any atom is -0.379 e. The molecule has 11 heteroatoms. The van der Waals surface area contributed by atoms with Gasteiger partial charge in [0, 0.05) is 50.5 Å². The molecule has 1 rings (SSSR count). The van der Waals surface area contributed by atoms with Gasteiger partial charge in [0.15, 0.2) is 5.78 Å². The Morgan fingerprint density at radius 3 is 1.86 bits per heavy atom. The van der Waals surface area contributed by atoms with Crippen LogP contribution in [0.3, 0.4) is 0 Å². The summed E-state index contributed by atoms with van der Waals surface area (Å²) in [5.74, 6) is -1.67. The summed E-state index contributed by atoms with van der Waals surface area (Å²) in [5, 5.41) is 5.51. The highest BCUT2D eigenvalue weighted by molar-refractivity contribution is 6.01. The minimum absolute atomic E-state index is 0.0123. The fraction of sp³-hybridized carbons (Fsp3) is 0.818. The van der Waals surface area contributed by atoms with Crippen LogP contribution in [0.5, 0.6) is 0 Å². The molecule has 0 aromatic carbocycles. The van der Waals surface area contributed by atoms with Crippen LogP contribution in [0, 0.1) is 22.7 Å². The number of hydrogen-bond acceptors (Lipinski definition) is 8. The highest BCUT2D eigenvalue weighted by Crippen LogP contribution is 2.26. The van der Waals surface area contributed by atoms with Crippen molar-refractivity contribution >= 4 is 35.2 Å². The number of rotatable bonds is 19. The second-order valence-corrected chi connectivity index (χ2v) is 14.3. The van der Waals surface area contributed by atoms with Crippen LogP contribution in [-0.2, 0) is 38.2 Å². The zero-order valence-corrected chi connectivity index (χ0v) is 28.9. The molecule has 1 aliphatic heterocycles. The number of likely N-dealkylation sites (tertiary alicyclic amines) is 1. The van der Waals surface area contributed by atoms with Crippen LogP contribution in [0.4, 0.5) is 0 Å². The Morgan fingerprint density at radius 1 is 0.864 bits per heavy atom. The summed E-state index contributed by atoms with van der Waals surface area (Å²) in [4.78, 5) is 74.1. The summed E-state index contributed by atoms with van der Waals surface area (Å²) in [6, 6.07) is -0.720. The predicted molar refractivity (Wildman–Crippen MR) is 170 cm³/mol. The van der Waals surface area contributed by atoms with Gasteiger partial charge in [-0.1, -0.05) is 62.3 Å². The van der Waals surface area contributed by atoms with Crippen molar-refractivity contribution in [2.45, 2.75) is 114 Å². The third kappa shape index (κ3) is 19.6. The van der Waals surface area contributed by atoms with Crippen molar-refractivity contribution in [2.24, 2.45) is 22.7 Å². The third-order valence-corrected chi connectivity index (χ3v) is 6.45. The summed E-state index contributed by atoms with van der Waals surface area (Å²) in [7, 11) is 0. The van der Waals surface area contributed by atoms with Crippen molar-refractivity contribution in [3.63, 3.8) is 0 Å². The fourth-order valence-corrected chi connectivity index (χ4v) is 4.30. The number of carbonyl (C=O) groups excluding carboxylic acids is 6. The minimum atomic E-state index is -0.720. The van der Waals surface area contributed by atoms with Gasteiger partial charge in [-0.2, -0.15) is 0 Å². The molecule has 4 amide bonds. The quantitative estimate of drug-likeness (QED) is 0.162. The lowest BCUT2D eigenvalue weighted by molar-refractivity contribution is -0.139. The van der Waals surface area contributed by atoms with E-state index in [2.05, 4.69) is 38.3 Å². The number of imide groups is 1. The van der Waals surface area contributed by atoms with Crippen molar-refractivity contribution < 1.29 is 38.2 Å². The van der Waals surface area contributed by atoms with Gasteiger partial charge in [0.2, 0.25) is 23.6 Å². The monoisotopic (exact) mass is 625 g/mol. The molecule has 44 heavy (non-hydrogen) atoms. The Kier molecular flexibility index (Phi) is 19.2. The summed E-state index contributed by atoms with van der Waals surface area (Å²) in [6.07, 6.45) is 1.65. The van der Waals surface area contributed by atoms with E-state index in [1.807, 2.05) is 34.6 Å². The summed E-state index contributed by atoms with van der Waals surface area (Å²) < 4.78 is 10.8. The lowest BCUT2D eigenvalue weighted by Crippen LogP contribution is -2.46. The number of ether oxygens (including phenoxy) is 2. The van der Waals surface area contributed by atoms with Crippen molar-refractivity contribution in [1.82, 2.24) is 15.5 Å². The first-order valence-corrected chi connectivity index (χ1v) is 15.8. The van der Waals surface area contributed by atoms with Gasteiger partial charge in [-0.3, -0.25) is 33.7 Å². The average Bonchev–Trinajstić information content (AvgIpc) is 3.20. The molecular weight excluding hydrogens is 566 g/mol. The first-order chi connectivity index (χ1) is 20.2. The molecule has 0 aromatic heterocycles.